The number of phosphoric ester groups is 1. The van der Waals surface area contributed by atoms with Crippen LogP contribution in [0.5, 0.6) is 0 Å². The molecular formula is C66H121NO8P+. The first-order valence-corrected chi connectivity index (χ1v) is 33.2. The summed E-state index contributed by atoms with van der Waals surface area (Å²) in [5.74, 6) is -0.939. The Morgan fingerprint density at radius 2 is 0.789 bits per heavy atom. The van der Waals surface area contributed by atoms with E-state index in [4.69, 9.17) is 18.5 Å². The second-order valence-electron chi connectivity index (χ2n) is 22.4. The van der Waals surface area contributed by atoms with Crippen LogP contribution >= 0.6 is 7.82 Å². The first kappa shape index (κ1) is 73.5. The number of allylic oxidation sites excluding steroid dienone is 11. The van der Waals surface area contributed by atoms with Crippen LogP contribution in [0.3, 0.4) is 0 Å². The first-order valence-electron chi connectivity index (χ1n) is 31.7. The average molecular weight is 1090 g/mol. The molecule has 1 N–H and O–H groups in total. The quantitative estimate of drug-likeness (QED) is 0.0211. The predicted molar refractivity (Wildman–Crippen MR) is 326 cm³/mol. The summed E-state index contributed by atoms with van der Waals surface area (Å²) >= 11 is 0. The van der Waals surface area contributed by atoms with Crippen molar-refractivity contribution in [3.05, 3.63) is 72.9 Å². The van der Waals surface area contributed by atoms with Crippen molar-refractivity contribution in [2.75, 3.05) is 47.5 Å². The van der Waals surface area contributed by atoms with Crippen LogP contribution < -0.4 is 0 Å². The standard InChI is InChI=1S/C66H120NO8P/c1-6-8-10-12-14-16-18-20-22-23-24-25-26-27-28-29-30-31-32-33-34-35-36-37-38-39-40-41-42-43-45-46-48-50-52-54-56-58-65(68)72-62-64(63-74-76(70,71)73-61-60-67(3,4)5)75-66(69)59-57-55-53-51-49-47-44-21-19-17-15-13-11-9-7-2/h9,11,15,17,21,23-24,44,49,51,55,57,64H,6-8,10,12-14,16,18-20,22,25-43,45-48,50,52-54,56,58-63H2,1-5H3/p+1/b11-9-,17-15-,24-23-,44-21-,51-49-,57-55-. The van der Waals surface area contributed by atoms with E-state index in [1.807, 2.05) is 33.3 Å². The van der Waals surface area contributed by atoms with Crippen LogP contribution in [-0.2, 0) is 32.7 Å². The van der Waals surface area contributed by atoms with Gasteiger partial charge in [-0.3, -0.25) is 18.6 Å². The Labute approximate surface area is 469 Å². The monoisotopic (exact) mass is 1090 g/mol. The van der Waals surface area contributed by atoms with Crippen LogP contribution in [-0.4, -0.2) is 74.9 Å². The van der Waals surface area contributed by atoms with Crippen molar-refractivity contribution in [2.24, 2.45) is 0 Å². The minimum atomic E-state index is -4.41. The number of phosphoric acid groups is 1. The molecular weight excluding hydrogens is 966 g/mol. The molecule has 0 aliphatic rings. The molecule has 0 radical (unpaired) electrons. The highest BCUT2D eigenvalue weighted by Gasteiger charge is 2.27. The summed E-state index contributed by atoms with van der Waals surface area (Å²) in [5, 5.41) is 0. The number of quaternary nitrogens is 1. The van der Waals surface area contributed by atoms with E-state index in [9.17, 15) is 19.0 Å². The van der Waals surface area contributed by atoms with Gasteiger partial charge >= 0.3 is 19.8 Å². The van der Waals surface area contributed by atoms with Gasteiger partial charge in [0, 0.05) is 6.42 Å². The molecule has 0 aromatic carbocycles. The molecule has 2 atom stereocenters. The Bertz CT molecular complexity index is 1510. The molecule has 0 spiro atoms. The molecule has 0 aromatic heterocycles. The highest BCUT2D eigenvalue weighted by atomic mass is 31.2. The summed E-state index contributed by atoms with van der Waals surface area (Å²) < 4.78 is 34.4. The molecule has 0 fully saturated rings. The van der Waals surface area contributed by atoms with Crippen molar-refractivity contribution in [3.63, 3.8) is 0 Å². The zero-order chi connectivity index (χ0) is 55.6. The van der Waals surface area contributed by atoms with Gasteiger partial charge in [0.15, 0.2) is 6.10 Å². The van der Waals surface area contributed by atoms with Crippen molar-refractivity contribution in [2.45, 2.75) is 290 Å². The van der Waals surface area contributed by atoms with Crippen molar-refractivity contribution >= 4 is 19.8 Å². The fraction of sp³-hybridized carbons (Fsp3) is 0.788. The normalized spacial score (nSPS) is 13.7. The smallest absolute Gasteiger partial charge is 0.462 e. The predicted octanol–water partition coefficient (Wildman–Crippen LogP) is 20.0. The molecule has 442 valence electrons. The highest BCUT2D eigenvalue weighted by molar-refractivity contribution is 7.47. The Balaban J connectivity index is 3.95. The first-order chi connectivity index (χ1) is 37.0. The topological polar surface area (TPSA) is 108 Å². The molecule has 0 heterocycles. The van der Waals surface area contributed by atoms with E-state index in [0.29, 0.717) is 17.4 Å². The molecule has 0 rings (SSSR count). The van der Waals surface area contributed by atoms with E-state index < -0.39 is 26.5 Å². The molecule has 10 heteroatoms. The number of ether oxygens (including phenoxy) is 2. The lowest BCUT2D eigenvalue weighted by Crippen LogP contribution is -2.37. The Hall–Kier alpha value is -2.55. The lowest BCUT2D eigenvalue weighted by molar-refractivity contribution is -0.870. The SMILES string of the molecule is CC/C=C\C/C=C\C/C=C\C/C=C\C/C=C\CC(=O)OC(COC(=O)CCCCCCCCCCCCCCCCCCCCCCCCCCC/C=C\CCCCCCCCCC)COP(=O)(O)OCC[N+](C)(C)C. The van der Waals surface area contributed by atoms with Gasteiger partial charge in [-0.15, -0.1) is 0 Å². The number of hydrogen-bond acceptors (Lipinski definition) is 7. The highest BCUT2D eigenvalue weighted by Crippen LogP contribution is 2.43. The summed E-state index contributed by atoms with van der Waals surface area (Å²) in [5.41, 5.74) is 0. The van der Waals surface area contributed by atoms with Gasteiger partial charge in [-0.1, -0.05) is 279 Å². The third-order valence-electron chi connectivity index (χ3n) is 13.8. The zero-order valence-corrected chi connectivity index (χ0v) is 51.1. The summed E-state index contributed by atoms with van der Waals surface area (Å²) in [6.45, 7) is 4.22. The van der Waals surface area contributed by atoms with E-state index in [2.05, 4.69) is 68.5 Å². The molecule has 0 bridgehead atoms. The fourth-order valence-corrected chi connectivity index (χ4v) is 9.65. The van der Waals surface area contributed by atoms with Gasteiger partial charge in [0.1, 0.15) is 19.8 Å². The van der Waals surface area contributed by atoms with Crippen LogP contribution in [0.4, 0.5) is 0 Å². The van der Waals surface area contributed by atoms with Gasteiger partial charge in [0.2, 0.25) is 0 Å². The van der Waals surface area contributed by atoms with Crippen molar-refractivity contribution in [3.8, 4) is 0 Å². The third-order valence-corrected chi connectivity index (χ3v) is 14.7. The Morgan fingerprint density at radius 1 is 0.434 bits per heavy atom. The molecule has 9 nitrogen and oxygen atoms in total. The van der Waals surface area contributed by atoms with Crippen LogP contribution in [0.15, 0.2) is 72.9 Å². The number of carbonyl (C=O) groups is 2. The summed E-state index contributed by atoms with van der Waals surface area (Å²) in [4.78, 5) is 35.6. The third kappa shape index (κ3) is 60.7. The van der Waals surface area contributed by atoms with Crippen LogP contribution in [0.2, 0.25) is 0 Å². The minimum Gasteiger partial charge on any atom is -0.462 e. The summed E-state index contributed by atoms with van der Waals surface area (Å²) in [7, 11) is 1.42. The van der Waals surface area contributed by atoms with Crippen LogP contribution in [0.25, 0.3) is 0 Å². The fourth-order valence-electron chi connectivity index (χ4n) is 8.91. The number of esters is 2. The number of nitrogens with zero attached hydrogens (tertiary/aromatic N) is 1. The maximum absolute atomic E-state index is 12.7. The molecule has 0 aromatic rings. The van der Waals surface area contributed by atoms with E-state index in [1.165, 1.54) is 205 Å². The lowest BCUT2D eigenvalue weighted by Gasteiger charge is -2.24. The molecule has 2 unspecified atom stereocenters. The second-order valence-corrected chi connectivity index (χ2v) is 23.9. The number of likely N-dealkylation sites (N-methyl/N-ethyl adjacent to an activating group) is 1. The minimum absolute atomic E-state index is 0.00765. The van der Waals surface area contributed by atoms with Gasteiger partial charge in [-0.25, -0.2) is 4.57 Å². The van der Waals surface area contributed by atoms with Crippen molar-refractivity contribution in [1.29, 1.82) is 0 Å². The average Bonchev–Trinajstić information content (AvgIpc) is 3.38. The summed E-state index contributed by atoms with van der Waals surface area (Å²) in [6, 6.07) is 0. The molecule has 76 heavy (non-hydrogen) atoms. The van der Waals surface area contributed by atoms with E-state index in [1.54, 1.807) is 6.08 Å². The largest absolute Gasteiger partial charge is 0.472 e. The second kappa shape index (κ2) is 57.1. The number of rotatable bonds is 58. The molecule has 0 aliphatic carbocycles. The van der Waals surface area contributed by atoms with E-state index in [0.717, 1.165) is 44.9 Å². The Morgan fingerprint density at radius 3 is 1.17 bits per heavy atom. The van der Waals surface area contributed by atoms with Gasteiger partial charge in [-0.05, 0) is 64.2 Å². The Kier molecular flexibility index (Phi) is 55.2. The number of hydrogen-bond donors (Lipinski definition) is 1. The van der Waals surface area contributed by atoms with Crippen LogP contribution in [0, 0.1) is 0 Å². The van der Waals surface area contributed by atoms with Gasteiger partial charge in [0.25, 0.3) is 0 Å². The zero-order valence-electron chi connectivity index (χ0n) is 50.2. The van der Waals surface area contributed by atoms with Crippen molar-refractivity contribution < 1.29 is 42.1 Å². The van der Waals surface area contributed by atoms with E-state index >= 15 is 0 Å². The summed E-state index contributed by atoms with van der Waals surface area (Å²) in [6.07, 6.45) is 76.3. The number of carbonyl (C=O) groups excluding carboxylic acids is 2. The molecule has 0 saturated carbocycles. The lowest BCUT2D eigenvalue weighted by atomic mass is 10.0. The van der Waals surface area contributed by atoms with Gasteiger partial charge in [0.05, 0.1) is 34.2 Å². The molecule has 0 aliphatic heterocycles. The molecule has 0 saturated heterocycles. The molecule has 0 amide bonds. The maximum Gasteiger partial charge on any atom is 0.472 e. The van der Waals surface area contributed by atoms with Crippen molar-refractivity contribution in [1.82, 2.24) is 0 Å². The van der Waals surface area contributed by atoms with Gasteiger partial charge < -0.3 is 18.9 Å². The van der Waals surface area contributed by atoms with Crippen LogP contribution in [0.1, 0.15) is 284 Å². The maximum atomic E-state index is 12.7. The van der Waals surface area contributed by atoms with E-state index in [-0.39, 0.29) is 32.0 Å². The number of unbranched alkanes of at least 4 members (excludes halogenated alkanes) is 33. The van der Waals surface area contributed by atoms with Gasteiger partial charge in [-0.2, -0.15) is 0 Å².